The lowest BCUT2D eigenvalue weighted by Crippen LogP contribution is -2.52. The molecule has 3 unspecified atom stereocenters. The van der Waals surface area contributed by atoms with Crippen molar-refractivity contribution in [1.29, 1.82) is 0 Å². The van der Waals surface area contributed by atoms with E-state index in [4.69, 9.17) is 5.73 Å². The van der Waals surface area contributed by atoms with Gasteiger partial charge in [0, 0.05) is 36.8 Å². The van der Waals surface area contributed by atoms with Crippen LogP contribution in [-0.2, 0) is 11.2 Å². The molecule has 226 valence electrons. The number of hydrogen-bond donors (Lipinski definition) is 4. The zero-order valence-corrected chi connectivity index (χ0v) is 24.7. The fourth-order valence-electron chi connectivity index (χ4n) is 4.77. The van der Waals surface area contributed by atoms with Crippen LogP contribution in [0.3, 0.4) is 0 Å². The zero-order chi connectivity index (χ0) is 30.7. The van der Waals surface area contributed by atoms with Crippen LogP contribution in [0.15, 0.2) is 36.4 Å². The lowest BCUT2D eigenvalue weighted by atomic mass is 9.98. The lowest BCUT2D eigenvalue weighted by Gasteiger charge is -2.27. The number of benzene rings is 2. The van der Waals surface area contributed by atoms with Crippen LogP contribution in [0.25, 0.3) is 0 Å². The minimum atomic E-state index is -1.24. The monoisotopic (exact) mass is 574 g/mol. The summed E-state index contributed by atoms with van der Waals surface area (Å²) in [5.41, 5.74) is 7.03. The van der Waals surface area contributed by atoms with Crippen molar-refractivity contribution in [2.45, 2.75) is 78.5 Å². The van der Waals surface area contributed by atoms with Crippen LogP contribution in [0, 0.1) is 24.5 Å². The van der Waals surface area contributed by atoms with Crippen LogP contribution < -0.4 is 16.4 Å². The van der Waals surface area contributed by atoms with Gasteiger partial charge in [-0.2, -0.15) is 0 Å². The van der Waals surface area contributed by atoms with Crippen molar-refractivity contribution in [2.75, 3.05) is 19.6 Å². The molecule has 0 aliphatic rings. The fourth-order valence-corrected chi connectivity index (χ4v) is 4.77. The predicted octanol–water partition coefficient (Wildman–Crippen LogP) is 3.73. The summed E-state index contributed by atoms with van der Waals surface area (Å²) >= 11 is 0. The molecule has 2 aromatic rings. The summed E-state index contributed by atoms with van der Waals surface area (Å²) in [5, 5.41) is 16.8. The van der Waals surface area contributed by atoms with E-state index in [0.717, 1.165) is 31.0 Å². The molecular formula is C31H44F2N4O4. The van der Waals surface area contributed by atoms with Gasteiger partial charge in [0.05, 0.1) is 18.2 Å². The Morgan fingerprint density at radius 1 is 0.951 bits per heavy atom. The highest BCUT2D eigenvalue weighted by atomic mass is 19.1. The summed E-state index contributed by atoms with van der Waals surface area (Å²) in [5.74, 6) is -2.72. The van der Waals surface area contributed by atoms with Gasteiger partial charge in [-0.25, -0.2) is 8.78 Å². The van der Waals surface area contributed by atoms with Gasteiger partial charge in [0.25, 0.3) is 11.8 Å². The SMILES string of the molecule is CCCN(CCC)C(=O)c1cc(C)cc(C(=O)NC(Cc2cc(F)cc(F)c2)C(O)CNC(CC(C)C)C(N)=O)c1. The van der Waals surface area contributed by atoms with Crippen molar-refractivity contribution >= 4 is 17.7 Å². The third-order valence-electron chi connectivity index (χ3n) is 6.64. The molecule has 41 heavy (non-hydrogen) atoms. The van der Waals surface area contributed by atoms with E-state index < -0.39 is 41.6 Å². The first-order valence-corrected chi connectivity index (χ1v) is 14.2. The maximum Gasteiger partial charge on any atom is 0.253 e. The first-order chi connectivity index (χ1) is 19.3. The highest BCUT2D eigenvalue weighted by molar-refractivity contribution is 6.00. The summed E-state index contributed by atoms with van der Waals surface area (Å²) in [6.07, 6.45) is 0.712. The van der Waals surface area contributed by atoms with Crippen LogP contribution in [0.2, 0.25) is 0 Å². The average molecular weight is 575 g/mol. The predicted molar refractivity (Wildman–Crippen MR) is 155 cm³/mol. The Morgan fingerprint density at radius 3 is 2.07 bits per heavy atom. The van der Waals surface area contributed by atoms with Crippen molar-refractivity contribution in [2.24, 2.45) is 11.7 Å². The van der Waals surface area contributed by atoms with Crippen LogP contribution in [0.1, 0.15) is 78.8 Å². The van der Waals surface area contributed by atoms with Crippen LogP contribution in [0.5, 0.6) is 0 Å². The highest BCUT2D eigenvalue weighted by Crippen LogP contribution is 2.16. The molecule has 0 heterocycles. The summed E-state index contributed by atoms with van der Waals surface area (Å²) < 4.78 is 27.8. The van der Waals surface area contributed by atoms with Crippen LogP contribution in [-0.4, -0.2) is 65.5 Å². The van der Waals surface area contributed by atoms with Crippen LogP contribution >= 0.6 is 0 Å². The van der Waals surface area contributed by atoms with Gasteiger partial charge in [-0.05, 0) is 80.0 Å². The van der Waals surface area contributed by atoms with E-state index in [1.807, 2.05) is 27.7 Å². The minimum Gasteiger partial charge on any atom is -0.390 e. The summed E-state index contributed by atoms with van der Waals surface area (Å²) in [6.45, 7) is 10.7. The molecule has 3 amide bonds. The van der Waals surface area contributed by atoms with E-state index >= 15 is 0 Å². The molecule has 5 N–H and O–H groups in total. The molecule has 2 aromatic carbocycles. The van der Waals surface area contributed by atoms with E-state index in [-0.39, 0.29) is 35.9 Å². The van der Waals surface area contributed by atoms with Crippen molar-refractivity contribution < 1.29 is 28.3 Å². The number of aliphatic hydroxyl groups excluding tert-OH is 1. The first kappa shape index (κ1) is 33.8. The number of carbonyl (C=O) groups excluding carboxylic acids is 3. The maximum atomic E-state index is 13.9. The van der Waals surface area contributed by atoms with E-state index in [0.29, 0.717) is 30.6 Å². The second-order valence-electron chi connectivity index (χ2n) is 11.0. The van der Waals surface area contributed by atoms with Crippen molar-refractivity contribution in [3.05, 3.63) is 70.3 Å². The number of halogens is 2. The maximum absolute atomic E-state index is 13.9. The molecule has 0 radical (unpaired) electrons. The van der Waals surface area contributed by atoms with E-state index in [9.17, 15) is 28.3 Å². The Bertz CT molecular complexity index is 1160. The summed E-state index contributed by atoms with van der Waals surface area (Å²) in [4.78, 5) is 40.3. The summed E-state index contributed by atoms with van der Waals surface area (Å²) in [7, 11) is 0. The van der Waals surface area contributed by atoms with Crippen LogP contribution in [0.4, 0.5) is 8.78 Å². The molecule has 0 aliphatic heterocycles. The van der Waals surface area contributed by atoms with Crippen molar-refractivity contribution in [1.82, 2.24) is 15.5 Å². The third-order valence-corrected chi connectivity index (χ3v) is 6.64. The highest BCUT2D eigenvalue weighted by Gasteiger charge is 2.26. The third kappa shape index (κ3) is 10.8. The molecular weight excluding hydrogens is 530 g/mol. The standard InChI is InChI=1S/C31H44F2N4O4/c1-6-8-37(9-7-2)31(41)23-12-20(5)11-22(16-23)30(40)36-26(15-21-13-24(32)17-25(33)14-21)28(38)18-35-27(29(34)39)10-19(3)4/h11-14,16-17,19,26-28,35,38H,6-10,15,18H2,1-5H3,(H2,34,39)(H,36,40). The topological polar surface area (TPSA) is 125 Å². The molecule has 0 aliphatic carbocycles. The molecule has 0 spiro atoms. The zero-order valence-electron chi connectivity index (χ0n) is 24.7. The number of hydrogen-bond acceptors (Lipinski definition) is 5. The quantitative estimate of drug-likeness (QED) is 0.243. The molecule has 0 fully saturated rings. The van der Waals surface area contributed by atoms with E-state index in [1.165, 1.54) is 6.07 Å². The fraction of sp³-hybridized carbons (Fsp3) is 0.516. The number of nitrogens with zero attached hydrogens (tertiary/aromatic N) is 1. The Morgan fingerprint density at radius 2 is 1.54 bits per heavy atom. The van der Waals surface area contributed by atoms with Gasteiger partial charge in [-0.1, -0.05) is 27.7 Å². The lowest BCUT2D eigenvalue weighted by molar-refractivity contribution is -0.120. The second-order valence-corrected chi connectivity index (χ2v) is 11.0. The number of aliphatic hydroxyl groups is 1. The Labute approximate surface area is 241 Å². The molecule has 0 aromatic heterocycles. The molecule has 0 saturated heterocycles. The minimum absolute atomic E-state index is 0.0902. The number of primary amides is 1. The van der Waals surface area contributed by atoms with Crippen molar-refractivity contribution in [3.8, 4) is 0 Å². The van der Waals surface area contributed by atoms with E-state index in [2.05, 4.69) is 10.6 Å². The second kappa shape index (κ2) is 16.2. The van der Waals surface area contributed by atoms with Gasteiger partial charge >= 0.3 is 0 Å². The van der Waals surface area contributed by atoms with Gasteiger partial charge < -0.3 is 26.4 Å². The molecule has 3 atom stereocenters. The Balaban J connectivity index is 2.33. The number of amides is 3. The normalized spacial score (nSPS) is 13.5. The van der Waals surface area contributed by atoms with Crippen molar-refractivity contribution in [3.63, 3.8) is 0 Å². The number of rotatable bonds is 16. The van der Waals surface area contributed by atoms with Gasteiger partial charge in [-0.3, -0.25) is 14.4 Å². The average Bonchev–Trinajstić information content (AvgIpc) is 2.88. The summed E-state index contributed by atoms with van der Waals surface area (Å²) in [6, 6.07) is 6.18. The Kier molecular flexibility index (Phi) is 13.3. The molecule has 0 bridgehead atoms. The first-order valence-electron chi connectivity index (χ1n) is 14.2. The Hall–Kier alpha value is -3.37. The van der Waals surface area contributed by atoms with Gasteiger partial charge in [0.1, 0.15) is 11.6 Å². The number of aryl methyl sites for hydroxylation is 1. The van der Waals surface area contributed by atoms with Gasteiger partial charge in [0.2, 0.25) is 5.91 Å². The van der Waals surface area contributed by atoms with E-state index in [1.54, 1.807) is 24.0 Å². The number of nitrogens with two attached hydrogens (primary N) is 1. The smallest absolute Gasteiger partial charge is 0.253 e. The largest absolute Gasteiger partial charge is 0.390 e. The van der Waals surface area contributed by atoms with Gasteiger partial charge in [0.15, 0.2) is 0 Å². The molecule has 10 heteroatoms. The number of carbonyl (C=O) groups is 3. The van der Waals surface area contributed by atoms with Gasteiger partial charge in [-0.15, -0.1) is 0 Å². The number of nitrogens with one attached hydrogen (secondary N) is 2. The molecule has 8 nitrogen and oxygen atoms in total. The molecule has 2 rings (SSSR count). The molecule has 0 saturated carbocycles.